The van der Waals surface area contributed by atoms with Crippen LogP contribution >= 0.6 is 11.6 Å². The van der Waals surface area contributed by atoms with E-state index in [0.29, 0.717) is 11.3 Å². The summed E-state index contributed by atoms with van der Waals surface area (Å²) in [6.07, 6.45) is 0. The molecule has 2 rings (SSSR count). The molecule has 2 nitrogen and oxygen atoms in total. The Bertz CT molecular complexity index is 601. The molecule has 0 saturated heterocycles. The molecular formula is C15H13ClF3NO. The van der Waals surface area contributed by atoms with E-state index in [4.69, 9.17) is 11.6 Å². The molecule has 0 aliphatic heterocycles. The van der Waals surface area contributed by atoms with Crippen LogP contribution in [0.3, 0.4) is 0 Å². The molecule has 0 aromatic heterocycles. The lowest BCUT2D eigenvalue weighted by atomic mass is 10.1. The van der Waals surface area contributed by atoms with E-state index in [2.05, 4.69) is 10.1 Å². The first kappa shape index (κ1) is 15.5. The second-order valence-electron chi connectivity index (χ2n) is 4.44. The summed E-state index contributed by atoms with van der Waals surface area (Å²) in [5.74, 6) is -0.399. The number of alkyl halides is 2. The third-order valence-corrected chi connectivity index (χ3v) is 3.07. The topological polar surface area (TPSA) is 21.3 Å². The van der Waals surface area contributed by atoms with Crippen LogP contribution in [0.2, 0.25) is 5.02 Å². The quantitative estimate of drug-likeness (QED) is 0.813. The zero-order valence-electron chi connectivity index (χ0n) is 11.1. The summed E-state index contributed by atoms with van der Waals surface area (Å²) in [6.45, 7) is -1.14. The van der Waals surface area contributed by atoms with Gasteiger partial charge in [0.15, 0.2) is 0 Å². The van der Waals surface area contributed by atoms with Crippen molar-refractivity contribution in [1.82, 2.24) is 0 Å². The van der Waals surface area contributed by atoms with E-state index in [0.717, 1.165) is 0 Å². The molecule has 112 valence electrons. The Labute approximate surface area is 125 Å². The average Bonchev–Trinajstić information content (AvgIpc) is 2.37. The Morgan fingerprint density at radius 1 is 1.14 bits per heavy atom. The first-order valence-electron chi connectivity index (χ1n) is 6.22. The Morgan fingerprint density at radius 2 is 1.86 bits per heavy atom. The van der Waals surface area contributed by atoms with E-state index in [1.807, 2.05) is 0 Å². The highest BCUT2D eigenvalue weighted by molar-refractivity contribution is 6.30. The van der Waals surface area contributed by atoms with Crippen molar-refractivity contribution >= 4 is 17.3 Å². The molecule has 0 aliphatic carbocycles. The number of rotatable bonds is 5. The molecule has 0 spiro atoms. The van der Waals surface area contributed by atoms with Crippen LogP contribution in [0.5, 0.6) is 5.75 Å². The normalized spacial score (nSPS) is 12.3. The molecule has 1 N–H and O–H groups in total. The van der Waals surface area contributed by atoms with Gasteiger partial charge in [-0.2, -0.15) is 8.78 Å². The number of benzene rings is 2. The number of nitrogens with one attached hydrogen (secondary N) is 1. The first-order chi connectivity index (χ1) is 9.95. The summed E-state index contributed by atoms with van der Waals surface area (Å²) in [5.41, 5.74) is 0.998. The summed E-state index contributed by atoms with van der Waals surface area (Å²) >= 11 is 5.78. The zero-order chi connectivity index (χ0) is 15.4. The number of hydrogen-bond donors (Lipinski definition) is 1. The van der Waals surface area contributed by atoms with Crippen molar-refractivity contribution in [3.8, 4) is 5.75 Å². The largest absolute Gasteiger partial charge is 0.434 e. The molecular weight excluding hydrogens is 303 g/mol. The fourth-order valence-electron chi connectivity index (χ4n) is 2.01. The lowest BCUT2D eigenvalue weighted by Crippen LogP contribution is -2.11. The molecule has 0 bridgehead atoms. The molecule has 0 heterocycles. The Hall–Kier alpha value is -1.88. The van der Waals surface area contributed by atoms with Crippen LogP contribution in [0.4, 0.5) is 18.9 Å². The van der Waals surface area contributed by atoms with Gasteiger partial charge in [-0.3, -0.25) is 0 Å². The lowest BCUT2D eigenvalue weighted by molar-refractivity contribution is -0.0505. The maximum absolute atomic E-state index is 13.3. The highest BCUT2D eigenvalue weighted by atomic mass is 35.5. The lowest BCUT2D eigenvalue weighted by Gasteiger charge is -2.19. The molecule has 6 heteroatoms. The summed E-state index contributed by atoms with van der Waals surface area (Å²) in [4.78, 5) is 0. The molecule has 2 aromatic rings. The van der Waals surface area contributed by atoms with Crippen LogP contribution in [-0.4, -0.2) is 6.61 Å². The second kappa shape index (κ2) is 6.72. The van der Waals surface area contributed by atoms with Gasteiger partial charge in [-0.25, -0.2) is 4.39 Å². The minimum atomic E-state index is -2.90. The molecule has 1 atom stereocenters. The summed E-state index contributed by atoms with van der Waals surface area (Å²) in [6, 6.07) is 10.1. The van der Waals surface area contributed by atoms with Gasteiger partial charge in [-0.1, -0.05) is 29.8 Å². The highest BCUT2D eigenvalue weighted by Crippen LogP contribution is 2.29. The molecule has 0 aliphatic rings. The second-order valence-corrected chi connectivity index (χ2v) is 4.88. The standard InChI is InChI=1S/C15H13ClF3NO/c1-9(20-12-7-10(16)6-11(17)8-12)13-4-2-3-5-14(13)21-15(18)19/h2-9,15,20H,1H3. The van der Waals surface area contributed by atoms with Gasteiger partial charge in [-0.05, 0) is 31.2 Å². The van der Waals surface area contributed by atoms with E-state index < -0.39 is 12.4 Å². The van der Waals surface area contributed by atoms with Gasteiger partial charge in [0.05, 0.1) is 6.04 Å². The maximum atomic E-state index is 13.3. The molecule has 0 fully saturated rings. The SMILES string of the molecule is CC(Nc1cc(F)cc(Cl)c1)c1ccccc1OC(F)F. The van der Waals surface area contributed by atoms with Crippen molar-refractivity contribution in [3.63, 3.8) is 0 Å². The van der Waals surface area contributed by atoms with Crippen LogP contribution in [0, 0.1) is 5.82 Å². The number of ether oxygens (including phenoxy) is 1. The van der Waals surface area contributed by atoms with E-state index in [1.54, 1.807) is 31.2 Å². The van der Waals surface area contributed by atoms with Gasteiger partial charge in [0.2, 0.25) is 0 Å². The van der Waals surface area contributed by atoms with E-state index >= 15 is 0 Å². The molecule has 0 radical (unpaired) electrons. The van der Waals surface area contributed by atoms with Crippen molar-refractivity contribution in [1.29, 1.82) is 0 Å². The molecule has 2 aromatic carbocycles. The van der Waals surface area contributed by atoms with Crippen LogP contribution in [0.25, 0.3) is 0 Å². The van der Waals surface area contributed by atoms with Gasteiger partial charge in [-0.15, -0.1) is 0 Å². The first-order valence-corrected chi connectivity index (χ1v) is 6.60. The third-order valence-electron chi connectivity index (χ3n) is 2.85. The Morgan fingerprint density at radius 3 is 2.52 bits per heavy atom. The Balaban J connectivity index is 2.22. The predicted molar refractivity (Wildman–Crippen MR) is 76.5 cm³/mol. The van der Waals surface area contributed by atoms with Crippen molar-refractivity contribution in [3.05, 3.63) is 58.9 Å². The molecule has 1 unspecified atom stereocenters. The van der Waals surface area contributed by atoms with Gasteiger partial charge in [0.1, 0.15) is 11.6 Å². The van der Waals surface area contributed by atoms with Gasteiger partial charge >= 0.3 is 6.61 Å². The fourth-order valence-corrected chi connectivity index (χ4v) is 2.23. The third kappa shape index (κ3) is 4.29. The maximum Gasteiger partial charge on any atom is 0.387 e. The summed E-state index contributed by atoms with van der Waals surface area (Å²) < 4.78 is 42.5. The average molecular weight is 316 g/mol. The highest BCUT2D eigenvalue weighted by Gasteiger charge is 2.14. The van der Waals surface area contributed by atoms with Crippen LogP contribution in [-0.2, 0) is 0 Å². The predicted octanol–water partition coefficient (Wildman–Crippen LogP) is 5.25. The van der Waals surface area contributed by atoms with Crippen LogP contribution in [0.1, 0.15) is 18.5 Å². The number of hydrogen-bond acceptors (Lipinski definition) is 2. The fraction of sp³-hybridized carbons (Fsp3) is 0.200. The van der Waals surface area contributed by atoms with E-state index in [-0.39, 0.29) is 16.8 Å². The van der Waals surface area contributed by atoms with Crippen LogP contribution in [0.15, 0.2) is 42.5 Å². The smallest absolute Gasteiger partial charge is 0.387 e. The van der Waals surface area contributed by atoms with E-state index in [1.165, 1.54) is 18.2 Å². The van der Waals surface area contributed by atoms with Crippen LogP contribution < -0.4 is 10.1 Å². The Kier molecular flexibility index (Phi) is 4.96. The number of halogens is 4. The minimum absolute atomic E-state index is 0.0787. The van der Waals surface area contributed by atoms with Crippen molar-refractivity contribution in [2.75, 3.05) is 5.32 Å². The summed E-state index contributed by atoms with van der Waals surface area (Å²) in [7, 11) is 0. The van der Waals surface area contributed by atoms with Crippen molar-refractivity contribution in [2.24, 2.45) is 0 Å². The number of anilines is 1. The monoisotopic (exact) mass is 315 g/mol. The van der Waals surface area contributed by atoms with E-state index in [9.17, 15) is 13.2 Å². The molecule has 0 amide bonds. The molecule has 21 heavy (non-hydrogen) atoms. The van der Waals surface area contributed by atoms with Gasteiger partial charge in [0.25, 0.3) is 0 Å². The zero-order valence-corrected chi connectivity index (χ0v) is 11.9. The molecule has 0 saturated carbocycles. The van der Waals surface area contributed by atoms with Crippen molar-refractivity contribution < 1.29 is 17.9 Å². The minimum Gasteiger partial charge on any atom is -0.434 e. The summed E-state index contributed by atoms with van der Waals surface area (Å²) in [5, 5.41) is 3.26. The van der Waals surface area contributed by atoms with Crippen molar-refractivity contribution in [2.45, 2.75) is 19.6 Å². The number of para-hydroxylation sites is 1. The van der Waals surface area contributed by atoms with Gasteiger partial charge < -0.3 is 10.1 Å². The van der Waals surface area contributed by atoms with Gasteiger partial charge in [0, 0.05) is 16.3 Å².